The zero-order valence-electron chi connectivity index (χ0n) is 26.0. The minimum Gasteiger partial charge on any atom is -0.480 e. The van der Waals surface area contributed by atoms with Gasteiger partial charge >= 0.3 is 5.97 Å². The van der Waals surface area contributed by atoms with Crippen molar-refractivity contribution in [3.05, 3.63) is 0 Å². The van der Waals surface area contributed by atoms with Gasteiger partial charge in [0, 0.05) is 6.42 Å². The zero-order valence-corrected chi connectivity index (χ0v) is 26.0. The van der Waals surface area contributed by atoms with Gasteiger partial charge in [0.1, 0.15) is 18.1 Å². The molecule has 0 aliphatic heterocycles. The molecule has 3 amide bonds. The Morgan fingerprint density at radius 3 is 1.49 bits per heavy atom. The highest BCUT2D eigenvalue weighted by Crippen LogP contribution is 2.13. The van der Waals surface area contributed by atoms with Crippen LogP contribution in [0.4, 0.5) is 0 Å². The van der Waals surface area contributed by atoms with Crippen molar-refractivity contribution in [2.45, 2.75) is 160 Å². The summed E-state index contributed by atoms with van der Waals surface area (Å²) in [5, 5.41) is 17.4. The maximum Gasteiger partial charge on any atom is 0.326 e. The third kappa shape index (κ3) is 21.2. The summed E-state index contributed by atoms with van der Waals surface area (Å²) >= 11 is 0. The number of carbonyl (C=O) groups is 4. The Labute approximate surface area is 248 Å². The highest BCUT2D eigenvalue weighted by Gasteiger charge is 2.28. The summed E-state index contributed by atoms with van der Waals surface area (Å²) in [4.78, 5) is 50.0. The first-order valence-corrected chi connectivity index (χ1v) is 16.3. The molecule has 0 aromatic heterocycles. The first-order chi connectivity index (χ1) is 19.8. The molecule has 0 aliphatic rings. The van der Waals surface area contributed by atoms with Crippen LogP contribution in [0.3, 0.4) is 0 Å². The van der Waals surface area contributed by atoms with Gasteiger partial charge in [-0.2, -0.15) is 0 Å². The van der Waals surface area contributed by atoms with E-state index in [0.29, 0.717) is 38.6 Å². The molecule has 0 fully saturated rings. The molecule has 0 rings (SSSR count). The summed E-state index contributed by atoms with van der Waals surface area (Å²) in [6.45, 7) is 4.71. The smallest absolute Gasteiger partial charge is 0.326 e. The number of nitrogens with one attached hydrogen (secondary N) is 3. The van der Waals surface area contributed by atoms with Crippen LogP contribution in [0.5, 0.6) is 0 Å². The van der Waals surface area contributed by atoms with Gasteiger partial charge in [0.15, 0.2) is 0 Å². The summed E-state index contributed by atoms with van der Waals surface area (Å²) in [5.74, 6) is -2.36. The van der Waals surface area contributed by atoms with Crippen LogP contribution < -0.4 is 27.4 Å². The van der Waals surface area contributed by atoms with Crippen LogP contribution in [0.15, 0.2) is 0 Å². The van der Waals surface area contributed by atoms with Gasteiger partial charge in [0.2, 0.25) is 17.7 Å². The lowest BCUT2D eigenvalue weighted by Gasteiger charge is -2.24. The molecule has 0 saturated carbocycles. The predicted molar refractivity (Wildman–Crippen MR) is 165 cm³/mol. The van der Waals surface area contributed by atoms with E-state index < -0.39 is 35.9 Å². The minimum atomic E-state index is -1.18. The molecule has 240 valence electrons. The maximum atomic E-state index is 13.1. The van der Waals surface area contributed by atoms with Crippen LogP contribution in [0.2, 0.25) is 0 Å². The fraction of sp³-hybridized carbons (Fsp3) is 0.871. The number of rotatable bonds is 28. The van der Waals surface area contributed by atoms with Crippen LogP contribution in [0, 0.1) is 0 Å². The van der Waals surface area contributed by atoms with E-state index in [1.165, 1.54) is 64.2 Å². The molecule has 0 saturated heterocycles. The number of carboxylic acid groups (broad SMARTS) is 1. The summed E-state index contributed by atoms with van der Waals surface area (Å²) in [5.41, 5.74) is 11.1. The number of hydrogen-bond acceptors (Lipinski definition) is 6. The topological polar surface area (TPSA) is 177 Å². The van der Waals surface area contributed by atoms with Crippen LogP contribution in [0.1, 0.15) is 142 Å². The van der Waals surface area contributed by atoms with Gasteiger partial charge in [-0.15, -0.1) is 0 Å². The maximum absolute atomic E-state index is 13.1. The Hall–Kier alpha value is -2.20. The molecule has 0 bridgehead atoms. The van der Waals surface area contributed by atoms with Gasteiger partial charge in [-0.25, -0.2) is 4.79 Å². The lowest BCUT2D eigenvalue weighted by atomic mass is 10.0. The second-order valence-corrected chi connectivity index (χ2v) is 11.2. The fourth-order valence-corrected chi connectivity index (χ4v) is 4.86. The predicted octanol–water partition coefficient (Wildman–Crippen LogP) is 4.28. The van der Waals surface area contributed by atoms with Crippen molar-refractivity contribution in [1.29, 1.82) is 0 Å². The number of aliphatic carboxylic acids is 1. The van der Waals surface area contributed by atoms with Crippen molar-refractivity contribution in [3.8, 4) is 0 Å². The van der Waals surface area contributed by atoms with Crippen molar-refractivity contribution < 1.29 is 24.3 Å². The number of nitrogens with two attached hydrogens (primary N) is 2. The molecule has 0 aromatic carbocycles. The Morgan fingerprint density at radius 2 is 1.02 bits per heavy atom. The number of carbonyl (C=O) groups excluding carboxylic acids is 3. The third-order valence-electron chi connectivity index (χ3n) is 7.39. The third-order valence-corrected chi connectivity index (χ3v) is 7.39. The Bertz CT molecular complexity index is 706. The lowest BCUT2D eigenvalue weighted by Crippen LogP contribution is -2.55. The molecule has 0 unspecified atom stereocenters. The van der Waals surface area contributed by atoms with Gasteiger partial charge < -0.3 is 32.5 Å². The lowest BCUT2D eigenvalue weighted by molar-refractivity contribution is -0.142. The average molecular weight is 584 g/mol. The quantitative estimate of drug-likeness (QED) is 0.0744. The van der Waals surface area contributed by atoms with Crippen LogP contribution in [-0.2, 0) is 19.2 Å². The molecule has 3 atom stereocenters. The van der Waals surface area contributed by atoms with Gasteiger partial charge in [0.25, 0.3) is 0 Å². The molecule has 0 aromatic rings. The van der Waals surface area contributed by atoms with E-state index in [-0.39, 0.29) is 18.9 Å². The van der Waals surface area contributed by atoms with E-state index in [1.54, 1.807) is 0 Å². The monoisotopic (exact) mass is 583 g/mol. The normalized spacial score (nSPS) is 13.3. The van der Waals surface area contributed by atoms with Crippen molar-refractivity contribution in [1.82, 2.24) is 16.0 Å². The molecule has 10 heteroatoms. The molecular formula is C31H61N5O5. The molecule has 0 radical (unpaired) electrons. The standard InChI is InChI=1S/C31H61N5O5/c1-3-5-6-7-8-9-10-11-12-13-14-15-16-21-28(37)34-26(20-17-18-23-32)30(39)35-25(19-4-2)29(38)36-27(22-24-33)31(40)41/h25-27H,3-24,32-33H2,1-2H3,(H,34,37)(H,35,39)(H,36,38)(H,40,41)/t25-,26-,27-/m0/s1. The number of hydrogen-bond donors (Lipinski definition) is 6. The van der Waals surface area contributed by atoms with E-state index in [1.807, 2.05) is 6.92 Å². The summed E-state index contributed by atoms with van der Waals surface area (Å²) in [6.07, 6.45) is 19.2. The molecule has 0 spiro atoms. The van der Waals surface area contributed by atoms with Gasteiger partial charge in [0.05, 0.1) is 0 Å². The highest BCUT2D eigenvalue weighted by atomic mass is 16.4. The van der Waals surface area contributed by atoms with E-state index in [0.717, 1.165) is 25.7 Å². The SMILES string of the molecule is CCCCCCCCCCCCCCCC(=O)N[C@@H](CCCCN)C(=O)N[C@@H](CCC)C(=O)N[C@@H](CCN)C(=O)O. The van der Waals surface area contributed by atoms with E-state index in [4.69, 9.17) is 11.5 Å². The van der Waals surface area contributed by atoms with Crippen LogP contribution in [0.25, 0.3) is 0 Å². The van der Waals surface area contributed by atoms with Gasteiger partial charge in [-0.3, -0.25) is 14.4 Å². The Balaban J connectivity index is 4.59. The van der Waals surface area contributed by atoms with Gasteiger partial charge in [-0.1, -0.05) is 97.3 Å². The first-order valence-electron chi connectivity index (χ1n) is 16.3. The van der Waals surface area contributed by atoms with Gasteiger partial charge in [-0.05, 0) is 51.6 Å². The van der Waals surface area contributed by atoms with Crippen molar-refractivity contribution >= 4 is 23.7 Å². The molecular weight excluding hydrogens is 522 g/mol. The summed E-state index contributed by atoms with van der Waals surface area (Å²) in [7, 11) is 0. The van der Waals surface area contributed by atoms with Crippen LogP contribution >= 0.6 is 0 Å². The van der Waals surface area contributed by atoms with E-state index >= 15 is 0 Å². The summed E-state index contributed by atoms with van der Waals surface area (Å²) < 4.78 is 0. The number of carboxylic acids is 1. The fourth-order valence-electron chi connectivity index (χ4n) is 4.86. The van der Waals surface area contributed by atoms with E-state index in [9.17, 15) is 24.3 Å². The van der Waals surface area contributed by atoms with E-state index in [2.05, 4.69) is 22.9 Å². The second-order valence-electron chi connectivity index (χ2n) is 11.2. The second kappa shape index (κ2) is 26.7. The number of unbranched alkanes of at least 4 members (excludes halogenated alkanes) is 13. The largest absolute Gasteiger partial charge is 0.480 e. The highest BCUT2D eigenvalue weighted by molar-refractivity contribution is 5.93. The zero-order chi connectivity index (χ0) is 30.7. The number of amides is 3. The first kappa shape index (κ1) is 38.8. The average Bonchev–Trinajstić information content (AvgIpc) is 2.94. The summed E-state index contributed by atoms with van der Waals surface area (Å²) in [6, 6.07) is -2.80. The van der Waals surface area contributed by atoms with Crippen molar-refractivity contribution in [2.75, 3.05) is 13.1 Å². The molecule has 0 aliphatic carbocycles. The minimum absolute atomic E-state index is 0.0881. The molecule has 0 heterocycles. The van der Waals surface area contributed by atoms with Crippen molar-refractivity contribution in [3.63, 3.8) is 0 Å². The Morgan fingerprint density at radius 1 is 0.537 bits per heavy atom. The molecule has 8 N–H and O–H groups in total. The molecule has 41 heavy (non-hydrogen) atoms. The Kier molecular flexibility index (Phi) is 25.3. The van der Waals surface area contributed by atoms with Crippen molar-refractivity contribution in [2.24, 2.45) is 11.5 Å². The molecule has 10 nitrogen and oxygen atoms in total. The van der Waals surface area contributed by atoms with Crippen LogP contribution in [-0.4, -0.2) is 60.0 Å².